The number of hydrogen-bond donors (Lipinski definition) is 1. The van der Waals surface area contributed by atoms with Gasteiger partial charge in [0.05, 0.1) is 0 Å². The molecule has 33 heavy (non-hydrogen) atoms. The van der Waals surface area contributed by atoms with Gasteiger partial charge in [-0.05, 0) is 71.7 Å². The van der Waals surface area contributed by atoms with E-state index in [-0.39, 0.29) is 5.57 Å². The minimum Gasteiger partial charge on any atom is -0.477 e. The largest absolute Gasteiger partial charge is 0.477 e. The van der Waals surface area contributed by atoms with Crippen LogP contribution in [0.4, 0.5) is 17.1 Å². The van der Waals surface area contributed by atoms with Crippen LogP contribution in [0.25, 0.3) is 17.2 Å². The fourth-order valence-corrected chi connectivity index (χ4v) is 3.67. The number of aryl methyl sites for hydroxylation is 1. The summed E-state index contributed by atoms with van der Waals surface area (Å²) in [5.74, 6) is -1.23. The van der Waals surface area contributed by atoms with Crippen molar-refractivity contribution in [3.63, 3.8) is 0 Å². The number of para-hydroxylation sites is 1. The molecule has 0 amide bonds. The molecule has 4 nitrogen and oxygen atoms in total. The molecule has 0 atom stereocenters. The number of rotatable bonds is 6. The molecule has 0 radical (unpaired) electrons. The first-order chi connectivity index (χ1) is 16.0. The van der Waals surface area contributed by atoms with Crippen LogP contribution in [-0.2, 0) is 4.79 Å². The first kappa shape index (κ1) is 21.6. The molecule has 4 aromatic rings. The van der Waals surface area contributed by atoms with Crippen molar-refractivity contribution < 1.29 is 9.90 Å². The summed E-state index contributed by atoms with van der Waals surface area (Å²) in [4.78, 5) is 13.3. The van der Waals surface area contributed by atoms with Crippen LogP contribution in [0.2, 0.25) is 0 Å². The molecule has 0 aliphatic heterocycles. The van der Waals surface area contributed by atoms with Gasteiger partial charge in [-0.15, -0.1) is 0 Å². The van der Waals surface area contributed by atoms with Crippen LogP contribution >= 0.6 is 0 Å². The van der Waals surface area contributed by atoms with Gasteiger partial charge in [-0.25, -0.2) is 4.79 Å². The van der Waals surface area contributed by atoms with Crippen molar-refractivity contribution in [2.75, 3.05) is 4.90 Å². The molecule has 0 heterocycles. The number of nitriles is 1. The summed E-state index contributed by atoms with van der Waals surface area (Å²) in [6, 6.07) is 36.2. The van der Waals surface area contributed by atoms with Crippen molar-refractivity contribution in [2.45, 2.75) is 6.92 Å². The number of nitrogens with zero attached hydrogens (tertiary/aromatic N) is 2. The van der Waals surface area contributed by atoms with Gasteiger partial charge in [0, 0.05) is 17.1 Å². The van der Waals surface area contributed by atoms with Crippen molar-refractivity contribution in [1.82, 2.24) is 0 Å². The Balaban J connectivity index is 1.65. The standard InChI is InChI=1S/C29H22N2O2/c1-21-6-5-9-28(18-21)31(26-7-3-2-4-8-26)27-16-14-24(15-17-27)23-12-10-22(11-13-23)19-25(20-30)29(32)33/h2-19H,1H3,(H,32,33)/b25-19+. The molecule has 0 saturated heterocycles. The quantitative estimate of drug-likeness (QED) is 0.261. The second-order valence-electron chi connectivity index (χ2n) is 7.65. The molecule has 0 unspecified atom stereocenters. The summed E-state index contributed by atoms with van der Waals surface area (Å²) >= 11 is 0. The van der Waals surface area contributed by atoms with E-state index in [9.17, 15) is 4.79 Å². The molecule has 160 valence electrons. The van der Waals surface area contributed by atoms with E-state index in [0.717, 1.165) is 28.2 Å². The van der Waals surface area contributed by atoms with Crippen LogP contribution in [0.3, 0.4) is 0 Å². The summed E-state index contributed by atoms with van der Waals surface area (Å²) in [7, 11) is 0. The second kappa shape index (κ2) is 9.67. The average molecular weight is 431 g/mol. The van der Waals surface area contributed by atoms with E-state index < -0.39 is 5.97 Å². The van der Waals surface area contributed by atoms with E-state index in [2.05, 4.69) is 72.5 Å². The van der Waals surface area contributed by atoms with Gasteiger partial charge in [0.15, 0.2) is 0 Å². The van der Waals surface area contributed by atoms with E-state index in [4.69, 9.17) is 10.4 Å². The fraction of sp³-hybridized carbons (Fsp3) is 0.0345. The summed E-state index contributed by atoms with van der Waals surface area (Å²) in [6.45, 7) is 2.09. The van der Waals surface area contributed by atoms with Crippen molar-refractivity contribution in [2.24, 2.45) is 0 Å². The molecule has 0 saturated carbocycles. The van der Waals surface area contributed by atoms with Crippen LogP contribution < -0.4 is 4.90 Å². The molecule has 4 aromatic carbocycles. The van der Waals surface area contributed by atoms with Crippen molar-refractivity contribution in [3.8, 4) is 17.2 Å². The summed E-state index contributed by atoms with van der Waals surface area (Å²) in [5.41, 5.74) is 6.86. The maximum absolute atomic E-state index is 11.0. The van der Waals surface area contributed by atoms with E-state index in [0.29, 0.717) is 5.56 Å². The third kappa shape index (κ3) is 5.00. The van der Waals surface area contributed by atoms with Crippen LogP contribution in [0.1, 0.15) is 11.1 Å². The summed E-state index contributed by atoms with van der Waals surface area (Å²) in [5, 5.41) is 18.0. The van der Waals surface area contributed by atoms with Gasteiger partial charge in [-0.1, -0.05) is 66.7 Å². The Kier molecular flexibility index (Phi) is 6.33. The molecule has 1 N–H and O–H groups in total. The van der Waals surface area contributed by atoms with Crippen LogP contribution in [-0.4, -0.2) is 11.1 Å². The van der Waals surface area contributed by atoms with Crippen molar-refractivity contribution in [1.29, 1.82) is 5.26 Å². The fourth-order valence-electron chi connectivity index (χ4n) is 3.67. The predicted molar refractivity (Wildman–Crippen MR) is 133 cm³/mol. The Bertz CT molecular complexity index is 1330. The maximum Gasteiger partial charge on any atom is 0.346 e. The van der Waals surface area contributed by atoms with Gasteiger partial charge in [-0.3, -0.25) is 0 Å². The third-order valence-corrected chi connectivity index (χ3v) is 5.31. The van der Waals surface area contributed by atoms with Crippen LogP contribution in [0.5, 0.6) is 0 Å². The Morgan fingerprint density at radius 2 is 1.36 bits per heavy atom. The lowest BCUT2D eigenvalue weighted by Gasteiger charge is -2.26. The molecule has 0 bridgehead atoms. The second-order valence-corrected chi connectivity index (χ2v) is 7.65. The highest BCUT2D eigenvalue weighted by Gasteiger charge is 2.12. The SMILES string of the molecule is Cc1cccc(N(c2ccccc2)c2ccc(-c3ccc(/C=C(\C#N)C(=O)O)cc3)cc2)c1. The molecular weight excluding hydrogens is 408 g/mol. The Morgan fingerprint density at radius 3 is 1.94 bits per heavy atom. The number of carboxylic acids is 1. The molecule has 0 spiro atoms. The lowest BCUT2D eigenvalue weighted by molar-refractivity contribution is -0.132. The van der Waals surface area contributed by atoms with E-state index in [1.807, 2.05) is 42.5 Å². The summed E-state index contributed by atoms with van der Waals surface area (Å²) in [6.07, 6.45) is 1.37. The topological polar surface area (TPSA) is 64.3 Å². The Hall–Kier alpha value is -4.62. The number of anilines is 3. The minimum atomic E-state index is -1.23. The minimum absolute atomic E-state index is 0.288. The number of aliphatic carboxylic acids is 1. The number of carbonyl (C=O) groups is 1. The smallest absolute Gasteiger partial charge is 0.346 e. The summed E-state index contributed by atoms with van der Waals surface area (Å²) < 4.78 is 0. The molecule has 0 aromatic heterocycles. The molecule has 0 fully saturated rings. The van der Waals surface area contributed by atoms with Gasteiger partial charge in [-0.2, -0.15) is 5.26 Å². The first-order valence-corrected chi connectivity index (χ1v) is 10.5. The van der Waals surface area contributed by atoms with Crippen molar-refractivity contribution in [3.05, 3.63) is 120 Å². The van der Waals surface area contributed by atoms with E-state index in [1.54, 1.807) is 6.07 Å². The first-order valence-electron chi connectivity index (χ1n) is 10.5. The predicted octanol–water partition coefficient (Wildman–Crippen LogP) is 7.12. The maximum atomic E-state index is 11.0. The van der Waals surface area contributed by atoms with Gasteiger partial charge >= 0.3 is 5.97 Å². The zero-order valence-electron chi connectivity index (χ0n) is 18.1. The van der Waals surface area contributed by atoms with Crippen LogP contribution in [0, 0.1) is 18.3 Å². The number of hydrogen-bond acceptors (Lipinski definition) is 3. The molecule has 0 aliphatic carbocycles. The van der Waals surface area contributed by atoms with Crippen molar-refractivity contribution >= 4 is 29.1 Å². The Morgan fingerprint density at radius 1 is 0.788 bits per heavy atom. The highest BCUT2D eigenvalue weighted by atomic mass is 16.4. The van der Waals surface area contributed by atoms with E-state index in [1.165, 1.54) is 11.6 Å². The molecule has 0 aliphatic rings. The number of carboxylic acid groups (broad SMARTS) is 1. The van der Waals surface area contributed by atoms with Gasteiger partial charge in [0.2, 0.25) is 0 Å². The third-order valence-electron chi connectivity index (χ3n) is 5.31. The highest BCUT2D eigenvalue weighted by Crippen LogP contribution is 2.35. The molecular formula is C29H22N2O2. The lowest BCUT2D eigenvalue weighted by atomic mass is 10.0. The van der Waals surface area contributed by atoms with Crippen LogP contribution in [0.15, 0.2) is 109 Å². The van der Waals surface area contributed by atoms with E-state index >= 15 is 0 Å². The molecule has 4 rings (SSSR count). The normalized spacial score (nSPS) is 11.0. The zero-order chi connectivity index (χ0) is 23.2. The monoisotopic (exact) mass is 430 g/mol. The Labute approximate surface area is 193 Å². The zero-order valence-corrected chi connectivity index (χ0v) is 18.1. The molecule has 4 heteroatoms. The average Bonchev–Trinajstić information content (AvgIpc) is 2.84. The number of benzene rings is 4. The van der Waals surface area contributed by atoms with Gasteiger partial charge < -0.3 is 10.0 Å². The highest BCUT2D eigenvalue weighted by molar-refractivity contribution is 5.96. The lowest BCUT2D eigenvalue weighted by Crippen LogP contribution is -2.09. The van der Waals surface area contributed by atoms with Gasteiger partial charge in [0.1, 0.15) is 11.6 Å². The van der Waals surface area contributed by atoms with Gasteiger partial charge in [0.25, 0.3) is 0 Å².